The van der Waals surface area contributed by atoms with Gasteiger partial charge in [0.15, 0.2) is 0 Å². The number of hydrogen-bond acceptors (Lipinski definition) is 3. The van der Waals surface area contributed by atoms with E-state index < -0.39 is 0 Å². The molecule has 4 nitrogen and oxygen atoms in total. The van der Waals surface area contributed by atoms with Crippen LogP contribution < -0.4 is 5.32 Å². The van der Waals surface area contributed by atoms with Gasteiger partial charge in [0.1, 0.15) is 0 Å². The Morgan fingerprint density at radius 2 is 2.18 bits per heavy atom. The molecule has 0 bridgehead atoms. The Kier molecular flexibility index (Phi) is 6.87. The smallest absolute Gasteiger partial charge is 0.221 e. The Labute approximate surface area is 133 Å². The van der Waals surface area contributed by atoms with Crippen LogP contribution in [0.3, 0.4) is 0 Å². The minimum Gasteiger partial charge on any atom is -0.396 e. The van der Waals surface area contributed by atoms with Gasteiger partial charge in [0.05, 0.1) is 0 Å². The Morgan fingerprint density at radius 1 is 1.32 bits per heavy atom. The number of carbonyl (C=O) groups is 1. The molecule has 1 heterocycles. The van der Waals surface area contributed by atoms with Gasteiger partial charge in [-0.25, -0.2) is 0 Å². The van der Waals surface area contributed by atoms with E-state index in [1.165, 1.54) is 11.1 Å². The first-order chi connectivity index (χ1) is 10.7. The van der Waals surface area contributed by atoms with E-state index >= 15 is 0 Å². The highest BCUT2D eigenvalue weighted by atomic mass is 16.3. The van der Waals surface area contributed by atoms with Crippen molar-refractivity contribution in [2.45, 2.75) is 39.2 Å². The van der Waals surface area contributed by atoms with Gasteiger partial charge >= 0.3 is 0 Å². The molecule has 1 aromatic rings. The molecule has 122 valence electrons. The second kappa shape index (κ2) is 8.91. The Balaban J connectivity index is 1.96. The van der Waals surface area contributed by atoms with Crippen LogP contribution in [0.2, 0.25) is 0 Å². The number of aryl methyl sites for hydroxylation is 1. The first-order valence-corrected chi connectivity index (χ1v) is 8.33. The Hall–Kier alpha value is -1.39. The molecule has 4 heteroatoms. The second-order valence-electron chi connectivity index (χ2n) is 6.34. The molecule has 1 fully saturated rings. The molecular formula is C18H28N2O2. The van der Waals surface area contributed by atoms with Crippen molar-refractivity contribution in [1.82, 2.24) is 10.2 Å². The first-order valence-electron chi connectivity index (χ1n) is 8.33. The third kappa shape index (κ3) is 5.78. The molecule has 0 aliphatic carbocycles. The monoisotopic (exact) mass is 304 g/mol. The molecular weight excluding hydrogens is 276 g/mol. The van der Waals surface area contributed by atoms with E-state index in [-0.39, 0.29) is 12.5 Å². The van der Waals surface area contributed by atoms with Crippen LogP contribution in [-0.4, -0.2) is 42.2 Å². The number of aliphatic hydroxyl groups is 1. The van der Waals surface area contributed by atoms with Gasteiger partial charge in [-0.3, -0.25) is 9.69 Å². The third-order valence-electron chi connectivity index (χ3n) is 4.36. The van der Waals surface area contributed by atoms with Crippen LogP contribution in [0.5, 0.6) is 0 Å². The quantitative estimate of drug-likeness (QED) is 0.899. The van der Waals surface area contributed by atoms with Crippen molar-refractivity contribution >= 4 is 5.91 Å². The van der Waals surface area contributed by atoms with Crippen molar-refractivity contribution < 1.29 is 9.90 Å². The normalized spacial score (nSPS) is 21.9. The summed E-state index contributed by atoms with van der Waals surface area (Å²) < 4.78 is 0. The predicted octanol–water partition coefficient (Wildman–Crippen LogP) is 2.10. The number of hydrogen-bond donors (Lipinski definition) is 2. The van der Waals surface area contributed by atoms with Crippen LogP contribution >= 0.6 is 0 Å². The van der Waals surface area contributed by atoms with Crippen molar-refractivity contribution in [2.24, 2.45) is 5.92 Å². The predicted molar refractivity (Wildman–Crippen MR) is 88.5 cm³/mol. The molecule has 2 N–H and O–H groups in total. The summed E-state index contributed by atoms with van der Waals surface area (Å²) in [6, 6.07) is 8.55. The molecule has 0 aromatic heterocycles. The fourth-order valence-electron chi connectivity index (χ4n) is 3.03. The van der Waals surface area contributed by atoms with Crippen LogP contribution in [0.15, 0.2) is 24.3 Å². The molecule has 1 atom stereocenters. The van der Waals surface area contributed by atoms with E-state index in [4.69, 9.17) is 0 Å². The standard InChI is InChI=1S/C18H28N2O2/c1-15-4-2-5-17(12-15)13-20-10-3-6-16(14-21)7-9-19-18(22)8-11-20/h2,4-5,12,16,21H,3,6-11,13-14H2,1H3,(H,19,22). The number of rotatable bonds is 3. The Bertz CT molecular complexity index is 476. The fourth-order valence-corrected chi connectivity index (χ4v) is 3.03. The molecule has 1 aromatic carbocycles. The SMILES string of the molecule is Cc1cccc(CN2CCCC(CO)CCNC(=O)CC2)c1. The molecule has 1 aliphatic rings. The van der Waals surface area contributed by atoms with Gasteiger partial charge < -0.3 is 10.4 Å². The molecule has 0 radical (unpaired) electrons. The van der Waals surface area contributed by atoms with Crippen molar-refractivity contribution in [2.75, 3.05) is 26.2 Å². The van der Waals surface area contributed by atoms with E-state index in [9.17, 15) is 9.90 Å². The zero-order valence-corrected chi connectivity index (χ0v) is 13.6. The highest BCUT2D eigenvalue weighted by molar-refractivity contribution is 5.76. The van der Waals surface area contributed by atoms with Crippen molar-refractivity contribution in [3.63, 3.8) is 0 Å². The molecule has 1 unspecified atom stereocenters. The number of nitrogens with zero attached hydrogens (tertiary/aromatic N) is 1. The maximum absolute atomic E-state index is 11.9. The summed E-state index contributed by atoms with van der Waals surface area (Å²) in [6.07, 6.45) is 3.53. The van der Waals surface area contributed by atoms with Gasteiger partial charge in [-0.05, 0) is 44.2 Å². The van der Waals surface area contributed by atoms with Crippen LogP contribution in [0, 0.1) is 12.8 Å². The summed E-state index contributed by atoms with van der Waals surface area (Å²) in [4.78, 5) is 14.2. The molecule has 1 saturated heterocycles. The van der Waals surface area contributed by atoms with Gasteiger partial charge in [0, 0.05) is 32.7 Å². The summed E-state index contributed by atoms with van der Waals surface area (Å²) in [6.45, 7) is 5.67. The van der Waals surface area contributed by atoms with Crippen molar-refractivity contribution in [1.29, 1.82) is 0 Å². The summed E-state index contributed by atoms with van der Waals surface area (Å²) in [5.74, 6) is 0.423. The summed E-state index contributed by atoms with van der Waals surface area (Å²) in [5, 5.41) is 12.4. The maximum atomic E-state index is 11.9. The summed E-state index contributed by atoms with van der Waals surface area (Å²) in [7, 11) is 0. The molecule has 22 heavy (non-hydrogen) atoms. The number of benzene rings is 1. The average molecular weight is 304 g/mol. The highest BCUT2D eigenvalue weighted by Crippen LogP contribution is 2.14. The number of carbonyl (C=O) groups excluding carboxylic acids is 1. The van der Waals surface area contributed by atoms with Gasteiger partial charge in [0.25, 0.3) is 0 Å². The minimum atomic E-state index is 0.118. The number of nitrogens with one attached hydrogen (secondary N) is 1. The van der Waals surface area contributed by atoms with Crippen LogP contribution in [0.4, 0.5) is 0 Å². The van der Waals surface area contributed by atoms with Crippen LogP contribution in [0.1, 0.15) is 36.8 Å². The highest BCUT2D eigenvalue weighted by Gasteiger charge is 2.14. The van der Waals surface area contributed by atoms with E-state index in [0.717, 1.165) is 38.9 Å². The van der Waals surface area contributed by atoms with E-state index in [0.29, 0.717) is 18.9 Å². The second-order valence-corrected chi connectivity index (χ2v) is 6.34. The lowest BCUT2D eigenvalue weighted by atomic mass is 10.0. The Morgan fingerprint density at radius 3 is 2.95 bits per heavy atom. The van der Waals surface area contributed by atoms with Gasteiger partial charge in [0.2, 0.25) is 5.91 Å². The lowest BCUT2D eigenvalue weighted by Crippen LogP contribution is -2.31. The lowest BCUT2D eigenvalue weighted by Gasteiger charge is -2.22. The number of aliphatic hydroxyl groups excluding tert-OH is 1. The van der Waals surface area contributed by atoms with Crippen molar-refractivity contribution in [3.05, 3.63) is 35.4 Å². The van der Waals surface area contributed by atoms with Gasteiger partial charge in [-0.1, -0.05) is 29.8 Å². The molecule has 1 amide bonds. The average Bonchev–Trinajstić information content (AvgIpc) is 2.53. The zero-order chi connectivity index (χ0) is 15.8. The van der Waals surface area contributed by atoms with E-state index in [1.807, 2.05) is 0 Å². The van der Waals surface area contributed by atoms with E-state index in [1.54, 1.807) is 0 Å². The zero-order valence-electron chi connectivity index (χ0n) is 13.6. The van der Waals surface area contributed by atoms with Crippen molar-refractivity contribution in [3.8, 4) is 0 Å². The molecule has 1 aliphatic heterocycles. The van der Waals surface area contributed by atoms with Gasteiger partial charge in [-0.2, -0.15) is 0 Å². The third-order valence-corrected chi connectivity index (χ3v) is 4.36. The fraction of sp³-hybridized carbons (Fsp3) is 0.611. The molecule has 0 saturated carbocycles. The van der Waals surface area contributed by atoms with Crippen LogP contribution in [-0.2, 0) is 11.3 Å². The summed E-state index contributed by atoms with van der Waals surface area (Å²) in [5.41, 5.74) is 2.57. The first kappa shape index (κ1) is 17.0. The molecule has 0 spiro atoms. The topological polar surface area (TPSA) is 52.6 Å². The number of amides is 1. The van der Waals surface area contributed by atoms with E-state index in [2.05, 4.69) is 41.4 Å². The van der Waals surface area contributed by atoms with Gasteiger partial charge in [-0.15, -0.1) is 0 Å². The lowest BCUT2D eigenvalue weighted by molar-refractivity contribution is -0.121. The largest absolute Gasteiger partial charge is 0.396 e. The van der Waals surface area contributed by atoms with Crippen LogP contribution in [0.25, 0.3) is 0 Å². The molecule has 2 rings (SSSR count). The minimum absolute atomic E-state index is 0.118. The maximum Gasteiger partial charge on any atom is 0.221 e. The summed E-state index contributed by atoms with van der Waals surface area (Å²) >= 11 is 0.